The smallest absolute Gasteiger partial charge is 0.254 e. The molecule has 2 N–H and O–H groups in total. The van der Waals surface area contributed by atoms with Crippen molar-refractivity contribution in [2.45, 2.75) is 44.2 Å². The molecule has 0 aliphatic heterocycles. The van der Waals surface area contributed by atoms with E-state index in [1.54, 1.807) is 25.1 Å². The Morgan fingerprint density at radius 1 is 1.30 bits per heavy atom. The Morgan fingerprint density at radius 2 is 1.93 bits per heavy atom. The number of thioether (sulfide) groups is 1. The molecule has 0 saturated heterocycles. The molecular weight excluding hydrogens is 405 g/mol. The minimum absolute atomic E-state index is 0.140. The molecule has 0 saturated carbocycles. The third-order valence-electron chi connectivity index (χ3n) is 4.36. The van der Waals surface area contributed by atoms with Gasteiger partial charge in [-0.25, -0.2) is 4.98 Å². The van der Waals surface area contributed by atoms with Crippen LogP contribution in [0.1, 0.15) is 37.1 Å². The number of carbonyl (C=O) groups excluding carboxylic acids is 1. The molecule has 8 heteroatoms. The number of aromatic nitrogens is 2. The number of carbonyl (C=O) groups is 1. The summed E-state index contributed by atoms with van der Waals surface area (Å²) in [6.07, 6.45) is 2.39. The van der Waals surface area contributed by atoms with Crippen molar-refractivity contribution in [2.75, 3.05) is 12.8 Å². The lowest BCUT2D eigenvalue weighted by molar-refractivity contribution is -0.121. The van der Waals surface area contributed by atoms with Crippen LogP contribution in [0.2, 0.25) is 10.0 Å². The molecule has 0 spiro atoms. The fraction of sp³-hybridized carbons (Fsp3) is 0.421. The lowest BCUT2D eigenvalue weighted by Gasteiger charge is -2.27. The minimum atomic E-state index is -0.431. The van der Waals surface area contributed by atoms with E-state index in [4.69, 9.17) is 23.2 Å². The molecule has 5 nitrogen and oxygen atoms in total. The number of aromatic amines is 1. The summed E-state index contributed by atoms with van der Waals surface area (Å²) in [5.41, 5.74) is 1.37. The van der Waals surface area contributed by atoms with Crippen LogP contribution in [0.15, 0.2) is 28.2 Å². The van der Waals surface area contributed by atoms with E-state index >= 15 is 0 Å². The van der Waals surface area contributed by atoms with Crippen LogP contribution in [-0.2, 0) is 16.6 Å². The summed E-state index contributed by atoms with van der Waals surface area (Å²) in [5, 5.41) is 4.63. The minimum Gasteiger partial charge on any atom is -0.355 e. The van der Waals surface area contributed by atoms with E-state index in [1.165, 1.54) is 11.8 Å². The third kappa shape index (κ3) is 5.50. The number of hydrogen-bond acceptors (Lipinski definition) is 4. The van der Waals surface area contributed by atoms with Crippen molar-refractivity contribution in [1.82, 2.24) is 15.3 Å². The fourth-order valence-electron chi connectivity index (χ4n) is 2.85. The molecule has 0 atom stereocenters. The first kappa shape index (κ1) is 21.8. The summed E-state index contributed by atoms with van der Waals surface area (Å²) >= 11 is 13.9. The van der Waals surface area contributed by atoms with Gasteiger partial charge in [-0.1, -0.05) is 54.9 Å². The maximum absolute atomic E-state index is 12.3. The van der Waals surface area contributed by atoms with Gasteiger partial charge in [0.2, 0.25) is 5.91 Å². The molecule has 0 aliphatic rings. The molecule has 0 radical (unpaired) electrons. The van der Waals surface area contributed by atoms with Crippen LogP contribution in [0, 0.1) is 6.92 Å². The van der Waals surface area contributed by atoms with Gasteiger partial charge in [0.1, 0.15) is 0 Å². The number of halogens is 2. The van der Waals surface area contributed by atoms with Crippen molar-refractivity contribution >= 4 is 40.9 Å². The molecule has 27 heavy (non-hydrogen) atoms. The molecular formula is C19H23Cl2N3O2S. The lowest BCUT2D eigenvalue weighted by atomic mass is 9.84. The Hall–Kier alpha value is -1.50. The Bertz CT molecular complexity index is 877. The third-order valence-corrected chi connectivity index (χ3v) is 5.57. The van der Waals surface area contributed by atoms with E-state index in [9.17, 15) is 9.59 Å². The van der Waals surface area contributed by atoms with Gasteiger partial charge < -0.3 is 10.3 Å². The average molecular weight is 428 g/mol. The van der Waals surface area contributed by atoms with E-state index in [-0.39, 0.29) is 17.9 Å². The van der Waals surface area contributed by atoms with Crippen LogP contribution in [0.3, 0.4) is 0 Å². The van der Waals surface area contributed by atoms with Gasteiger partial charge >= 0.3 is 0 Å². The van der Waals surface area contributed by atoms with E-state index < -0.39 is 5.41 Å². The Morgan fingerprint density at radius 3 is 2.48 bits per heavy atom. The largest absolute Gasteiger partial charge is 0.355 e. The van der Waals surface area contributed by atoms with Gasteiger partial charge in [-0.05, 0) is 37.3 Å². The molecule has 146 valence electrons. The van der Waals surface area contributed by atoms with Crippen molar-refractivity contribution in [2.24, 2.45) is 0 Å². The van der Waals surface area contributed by atoms with Crippen LogP contribution in [-0.4, -0.2) is 28.7 Å². The van der Waals surface area contributed by atoms with Crippen LogP contribution < -0.4 is 10.9 Å². The van der Waals surface area contributed by atoms with E-state index in [0.29, 0.717) is 39.4 Å². The lowest BCUT2D eigenvalue weighted by Crippen LogP contribution is -2.37. The van der Waals surface area contributed by atoms with E-state index in [2.05, 4.69) is 15.3 Å². The van der Waals surface area contributed by atoms with Crippen LogP contribution in [0.4, 0.5) is 0 Å². The Balaban J connectivity index is 2.00. The van der Waals surface area contributed by atoms with Crippen molar-refractivity contribution < 1.29 is 4.79 Å². The summed E-state index contributed by atoms with van der Waals surface area (Å²) in [5.74, 6) is -0.140. The second-order valence-corrected chi connectivity index (χ2v) is 8.51. The number of benzene rings is 1. The second-order valence-electron chi connectivity index (χ2n) is 6.90. The number of H-pyrrole nitrogens is 1. The number of rotatable bonds is 7. The number of nitrogens with zero attached hydrogens (tertiary/aromatic N) is 1. The van der Waals surface area contributed by atoms with Crippen LogP contribution >= 0.6 is 35.0 Å². The van der Waals surface area contributed by atoms with E-state index in [1.807, 2.05) is 20.1 Å². The summed E-state index contributed by atoms with van der Waals surface area (Å²) < 4.78 is 0. The molecule has 0 unspecified atom stereocenters. The van der Waals surface area contributed by atoms with Crippen LogP contribution in [0.5, 0.6) is 0 Å². The normalized spacial score (nSPS) is 11.5. The molecule has 1 heterocycles. The highest BCUT2D eigenvalue weighted by atomic mass is 35.5. The van der Waals surface area contributed by atoms with Crippen molar-refractivity contribution in [1.29, 1.82) is 0 Å². The fourth-order valence-corrected chi connectivity index (χ4v) is 4.19. The molecule has 0 bridgehead atoms. The first-order valence-electron chi connectivity index (χ1n) is 8.50. The van der Waals surface area contributed by atoms with Crippen molar-refractivity contribution in [3.8, 4) is 0 Å². The van der Waals surface area contributed by atoms with Gasteiger partial charge in [-0.3, -0.25) is 9.59 Å². The zero-order valence-corrected chi connectivity index (χ0v) is 18.1. The first-order chi connectivity index (χ1) is 12.7. The van der Waals surface area contributed by atoms with Gasteiger partial charge in [0, 0.05) is 39.7 Å². The molecule has 2 aromatic rings. The van der Waals surface area contributed by atoms with Gasteiger partial charge in [0.05, 0.1) is 0 Å². The molecule has 1 aromatic carbocycles. The number of hydrogen-bond donors (Lipinski definition) is 2. The monoisotopic (exact) mass is 427 g/mol. The second kappa shape index (κ2) is 9.13. The molecule has 2 rings (SSSR count). The summed E-state index contributed by atoms with van der Waals surface area (Å²) in [4.78, 5) is 31.5. The highest BCUT2D eigenvalue weighted by Gasteiger charge is 2.26. The standard InChI is InChI=1S/C19H23Cl2N3O2S/c1-11-12(17(26)24-18(23-11)27-4)8-9-15(25)22-10-19(2,3)16-13(20)6-5-7-14(16)21/h5-7H,8-10H2,1-4H3,(H,22,25)(H,23,24,26). The molecule has 0 fully saturated rings. The zero-order chi connectivity index (χ0) is 20.2. The number of nitrogens with one attached hydrogen (secondary N) is 2. The topological polar surface area (TPSA) is 74.8 Å². The summed E-state index contributed by atoms with van der Waals surface area (Å²) in [6.45, 7) is 6.11. The van der Waals surface area contributed by atoms with Gasteiger partial charge in [0.15, 0.2) is 5.16 Å². The van der Waals surface area contributed by atoms with E-state index in [0.717, 1.165) is 5.56 Å². The number of aryl methyl sites for hydroxylation is 1. The first-order valence-corrected chi connectivity index (χ1v) is 10.5. The molecule has 1 aromatic heterocycles. The molecule has 0 aliphatic carbocycles. The highest BCUT2D eigenvalue weighted by molar-refractivity contribution is 7.98. The Labute approximate surface area is 173 Å². The van der Waals surface area contributed by atoms with Gasteiger partial charge in [0.25, 0.3) is 5.56 Å². The maximum atomic E-state index is 12.3. The SMILES string of the molecule is CSc1nc(C)c(CCC(=O)NCC(C)(C)c2c(Cl)cccc2Cl)c(=O)[nH]1. The number of amides is 1. The predicted molar refractivity (Wildman–Crippen MR) is 112 cm³/mol. The summed E-state index contributed by atoms with van der Waals surface area (Å²) in [7, 11) is 0. The maximum Gasteiger partial charge on any atom is 0.254 e. The quantitative estimate of drug-likeness (QED) is 0.514. The zero-order valence-electron chi connectivity index (χ0n) is 15.8. The highest BCUT2D eigenvalue weighted by Crippen LogP contribution is 2.35. The van der Waals surface area contributed by atoms with Gasteiger partial charge in [-0.2, -0.15) is 0 Å². The molecule has 1 amide bonds. The van der Waals surface area contributed by atoms with Crippen molar-refractivity contribution in [3.63, 3.8) is 0 Å². The van der Waals surface area contributed by atoms with Crippen molar-refractivity contribution in [3.05, 3.63) is 55.4 Å². The summed E-state index contributed by atoms with van der Waals surface area (Å²) in [6, 6.07) is 5.36. The van der Waals surface area contributed by atoms with Crippen LogP contribution in [0.25, 0.3) is 0 Å². The van der Waals surface area contributed by atoms with Gasteiger partial charge in [-0.15, -0.1) is 0 Å². The predicted octanol–water partition coefficient (Wildman–Crippen LogP) is 4.13. The Kier molecular flexibility index (Phi) is 7.37. The average Bonchev–Trinajstić information content (AvgIpc) is 2.58.